The predicted octanol–water partition coefficient (Wildman–Crippen LogP) is 2.59. The Morgan fingerprint density at radius 3 is 2.41 bits per heavy atom. The molecule has 6 heteroatoms. The molecule has 0 bridgehead atoms. The first-order valence-corrected chi connectivity index (χ1v) is 9.79. The average Bonchev–Trinajstić information content (AvgIpc) is 2.66. The summed E-state index contributed by atoms with van der Waals surface area (Å²) in [5.41, 5.74) is 2.51. The molecule has 1 aromatic rings. The molecule has 0 radical (unpaired) electrons. The molecule has 0 atom stereocenters. The molecule has 1 saturated carbocycles. The second-order valence-corrected chi connectivity index (χ2v) is 8.05. The lowest BCUT2D eigenvalue weighted by Gasteiger charge is -2.52. The minimum Gasteiger partial charge on any atom is -0.493 e. The first-order valence-electron chi connectivity index (χ1n) is 9.79. The van der Waals surface area contributed by atoms with E-state index < -0.39 is 5.97 Å². The van der Waals surface area contributed by atoms with Crippen LogP contribution in [0.15, 0.2) is 12.1 Å². The molecule has 150 valence electrons. The Hall–Kier alpha value is -1.79. The second-order valence-electron chi connectivity index (χ2n) is 8.05. The number of rotatable bonds is 6. The van der Waals surface area contributed by atoms with Gasteiger partial charge in [0.25, 0.3) is 0 Å². The van der Waals surface area contributed by atoms with Gasteiger partial charge in [-0.1, -0.05) is 0 Å². The summed E-state index contributed by atoms with van der Waals surface area (Å²) in [6.45, 7) is 2.97. The lowest BCUT2D eigenvalue weighted by atomic mass is 9.68. The van der Waals surface area contributed by atoms with Crippen LogP contribution in [0.2, 0.25) is 0 Å². The number of nitrogens with zero attached hydrogens (tertiary/aromatic N) is 2. The van der Waals surface area contributed by atoms with Crippen LogP contribution < -0.4 is 9.47 Å². The number of fused-ring (bicyclic) bond motifs is 2. The fraction of sp³-hybridized carbons (Fsp3) is 0.667. The van der Waals surface area contributed by atoms with Crippen molar-refractivity contribution in [3.63, 3.8) is 0 Å². The Morgan fingerprint density at radius 1 is 1.22 bits per heavy atom. The van der Waals surface area contributed by atoms with E-state index >= 15 is 0 Å². The van der Waals surface area contributed by atoms with Gasteiger partial charge in [-0.2, -0.15) is 0 Å². The number of hydrogen-bond donors (Lipinski definition) is 1. The Bertz CT molecular complexity index is 681. The predicted molar refractivity (Wildman–Crippen MR) is 105 cm³/mol. The van der Waals surface area contributed by atoms with Gasteiger partial charge in [-0.3, -0.25) is 9.69 Å². The number of aliphatic carboxylic acids is 1. The molecule has 3 rings (SSSR count). The van der Waals surface area contributed by atoms with Crippen molar-refractivity contribution in [2.75, 3.05) is 47.9 Å². The number of likely N-dealkylation sites (N-methyl/N-ethyl adjacent to an activating group) is 1. The molecule has 0 amide bonds. The quantitative estimate of drug-likeness (QED) is 0.823. The Labute approximate surface area is 162 Å². The zero-order valence-corrected chi connectivity index (χ0v) is 17.0. The van der Waals surface area contributed by atoms with Crippen molar-refractivity contribution in [3.05, 3.63) is 23.3 Å². The summed E-state index contributed by atoms with van der Waals surface area (Å²) in [6.07, 6.45) is 4.18. The van der Waals surface area contributed by atoms with E-state index in [-0.39, 0.29) is 11.5 Å². The SMILES string of the molecule is COc1cc2c(cc1OC)C1(CCC(C(=O)O)CC1)N(CCN(C)C)CC2. The van der Waals surface area contributed by atoms with Gasteiger partial charge >= 0.3 is 5.97 Å². The largest absolute Gasteiger partial charge is 0.493 e. The summed E-state index contributed by atoms with van der Waals surface area (Å²) >= 11 is 0. The van der Waals surface area contributed by atoms with Crippen molar-refractivity contribution < 1.29 is 19.4 Å². The van der Waals surface area contributed by atoms with Crippen LogP contribution in [0.1, 0.15) is 36.8 Å². The normalized spacial score (nSPS) is 25.4. The molecule has 2 aliphatic rings. The molecule has 27 heavy (non-hydrogen) atoms. The highest BCUT2D eigenvalue weighted by Crippen LogP contribution is 2.49. The third kappa shape index (κ3) is 3.78. The van der Waals surface area contributed by atoms with E-state index in [0.717, 1.165) is 63.2 Å². The molecule has 1 aliphatic carbocycles. The van der Waals surface area contributed by atoms with E-state index in [2.05, 4.69) is 36.0 Å². The number of benzene rings is 1. The van der Waals surface area contributed by atoms with E-state index in [1.54, 1.807) is 14.2 Å². The lowest BCUT2D eigenvalue weighted by molar-refractivity contribution is -0.144. The van der Waals surface area contributed by atoms with Crippen molar-refractivity contribution in [3.8, 4) is 11.5 Å². The van der Waals surface area contributed by atoms with Crippen LogP contribution in [0.4, 0.5) is 0 Å². The molecule has 0 unspecified atom stereocenters. The van der Waals surface area contributed by atoms with E-state index in [1.165, 1.54) is 11.1 Å². The van der Waals surface area contributed by atoms with Gasteiger partial charge in [-0.05, 0) is 69.5 Å². The fourth-order valence-electron chi connectivity index (χ4n) is 4.78. The molecule has 1 spiro atoms. The maximum absolute atomic E-state index is 11.5. The molecule has 1 aliphatic heterocycles. The Morgan fingerprint density at radius 2 is 1.85 bits per heavy atom. The highest BCUT2D eigenvalue weighted by molar-refractivity contribution is 5.70. The minimum atomic E-state index is -0.659. The Balaban J connectivity index is 2.00. The first-order chi connectivity index (χ1) is 12.9. The van der Waals surface area contributed by atoms with Gasteiger partial charge in [0.1, 0.15) is 0 Å². The van der Waals surface area contributed by atoms with Gasteiger partial charge in [0.05, 0.1) is 20.1 Å². The molecule has 1 fully saturated rings. The molecular weight excluding hydrogens is 344 g/mol. The molecule has 1 N–H and O–H groups in total. The molecule has 0 aromatic heterocycles. The fourth-order valence-corrected chi connectivity index (χ4v) is 4.78. The summed E-state index contributed by atoms with van der Waals surface area (Å²) < 4.78 is 11.1. The topological polar surface area (TPSA) is 62.2 Å². The second kappa shape index (κ2) is 8.07. The smallest absolute Gasteiger partial charge is 0.306 e. The molecule has 0 saturated heterocycles. The van der Waals surface area contributed by atoms with Crippen LogP contribution in [0, 0.1) is 5.92 Å². The van der Waals surface area contributed by atoms with Crippen LogP contribution in [0.25, 0.3) is 0 Å². The number of hydrogen-bond acceptors (Lipinski definition) is 5. The number of carboxylic acids is 1. The van der Waals surface area contributed by atoms with E-state index in [4.69, 9.17) is 9.47 Å². The number of carboxylic acid groups (broad SMARTS) is 1. The van der Waals surface area contributed by atoms with Gasteiger partial charge in [0, 0.05) is 25.2 Å². The molecule has 1 aromatic carbocycles. The summed E-state index contributed by atoms with van der Waals surface area (Å²) in [5.74, 6) is 0.641. The van der Waals surface area contributed by atoms with Crippen LogP contribution in [0.3, 0.4) is 0 Å². The number of ether oxygens (including phenoxy) is 2. The number of methoxy groups -OCH3 is 2. The third-order valence-electron chi connectivity index (χ3n) is 6.35. The van der Waals surface area contributed by atoms with Crippen molar-refractivity contribution in [2.45, 2.75) is 37.6 Å². The van der Waals surface area contributed by atoms with E-state index in [1.807, 2.05) is 0 Å². The summed E-state index contributed by atoms with van der Waals surface area (Å²) in [6, 6.07) is 4.25. The summed E-state index contributed by atoms with van der Waals surface area (Å²) in [7, 11) is 7.54. The average molecular weight is 376 g/mol. The van der Waals surface area contributed by atoms with Crippen molar-refractivity contribution in [1.29, 1.82) is 0 Å². The number of carbonyl (C=O) groups is 1. The van der Waals surface area contributed by atoms with Crippen molar-refractivity contribution >= 4 is 5.97 Å². The molecular formula is C21H32N2O4. The highest BCUT2D eigenvalue weighted by atomic mass is 16.5. The van der Waals surface area contributed by atoms with Crippen LogP contribution in [-0.2, 0) is 16.8 Å². The maximum Gasteiger partial charge on any atom is 0.306 e. The zero-order chi connectivity index (χ0) is 19.6. The highest BCUT2D eigenvalue weighted by Gasteiger charge is 2.46. The molecule has 6 nitrogen and oxygen atoms in total. The zero-order valence-electron chi connectivity index (χ0n) is 17.0. The first kappa shape index (κ1) is 20.0. The third-order valence-corrected chi connectivity index (χ3v) is 6.35. The van der Waals surface area contributed by atoms with Gasteiger partial charge in [0.2, 0.25) is 0 Å². The van der Waals surface area contributed by atoms with Crippen LogP contribution >= 0.6 is 0 Å². The van der Waals surface area contributed by atoms with Crippen LogP contribution in [-0.4, -0.2) is 68.8 Å². The van der Waals surface area contributed by atoms with Crippen molar-refractivity contribution in [2.24, 2.45) is 5.92 Å². The van der Waals surface area contributed by atoms with Crippen molar-refractivity contribution in [1.82, 2.24) is 9.80 Å². The summed E-state index contributed by atoms with van der Waals surface area (Å²) in [4.78, 5) is 16.3. The van der Waals surface area contributed by atoms with E-state index in [0.29, 0.717) is 0 Å². The Kier molecular flexibility index (Phi) is 5.96. The van der Waals surface area contributed by atoms with E-state index in [9.17, 15) is 9.90 Å². The van der Waals surface area contributed by atoms with Gasteiger partial charge in [-0.15, -0.1) is 0 Å². The van der Waals surface area contributed by atoms with Gasteiger partial charge in [-0.25, -0.2) is 0 Å². The van der Waals surface area contributed by atoms with Crippen LogP contribution in [0.5, 0.6) is 11.5 Å². The minimum absolute atomic E-state index is 0.102. The summed E-state index contributed by atoms with van der Waals surface area (Å²) in [5, 5.41) is 9.46. The maximum atomic E-state index is 11.5. The van der Waals surface area contributed by atoms with Gasteiger partial charge < -0.3 is 19.5 Å². The molecule has 1 heterocycles. The van der Waals surface area contributed by atoms with Gasteiger partial charge in [0.15, 0.2) is 11.5 Å². The monoisotopic (exact) mass is 376 g/mol. The lowest BCUT2D eigenvalue weighted by Crippen LogP contribution is -2.54. The standard InChI is InChI=1S/C21H32N2O4/c1-22(2)11-12-23-10-7-16-13-18(26-3)19(27-4)14-17(16)21(23)8-5-15(6-9-21)20(24)25/h13-15H,5-12H2,1-4H3,(H,24,25).